The minimum Gasteiger partial charge on any atom is -0.467 e. The van der Waals surface area contributed by atoms with Crippen LogP contribution in [0, 0.1) is 0 Å². The SMILES string of the molecule is O=C(COc1cc(C(F)(F)F)nn1-c1ccccc1Cl)Nc1ccc2[nH]ncc2c1. The lowest BCUT2D eigenvalue weighted by Gasteiger charge is -2.10. The van der Waals surface area contributed by atoms with Gasteiger partial charge in [0.25, 0.3) is 5.91 Å². The van der Waals surface area contributed by atoms with Crippen molar-refractivity contribution in [3.05, 3.63) is 65.4 Å². The van der Waals surface area contributed by atoms with E-state index in [-0.39, 0.29) is 16.6 Å². The summed E-state index contributed by atoms with van der Waals surface area (Å²) in [6.07, 6.45) is -3.09. The number of hydrogen-bond acceptors (Lipinski definition) is 4. The molecule has 0 aliphatic carbocycles. The average molecular weight is 436 g/mol. The molecular formula is C19H13ClF3N5O2. The summed E-state index contributed by atoms with van der Waals surface area (Å²) in [6.45, 7) is -0.531. The number of ether oxygens (including phenoxy) is 1. The predicted molar refractivity (Wildman–Crippen MR) is 104 cm³/mol. The Bertz CT molecular complexity index is 1220. The van der Waals surface area contributed by atoms with Crippen molar-refractivity contribution in [3.8, 4) is 11.6 Å². The number of rotatable bonds is 5. The van der Waals surface area contributed by atoms with Gasteiger partial charge in [0.15, 0.2) is 12.3 Å². The van der Waals surface area contributed by atoms with Gasteiger partial charge in [0.05, 0.1) is 22.4 Å². The summed E-state index contributed by atoms with van der Waals surface area (Å²) < 4.78 is 45.7. The zero-order chi connectivity index (χ0) is 21.3. The number of H-pyrrole nitrogens is 1. The molecule has 4 rings (SSSR count). The summed E-state index contributed by atoms with van der Waals surface area (Å²) in [5.41, 5.74) is 0.319. The van der Waals surface area contributed by atoms with Gasteiger partial charge in [-0.25, -0.2) is 0 Å². The lowest BCUT2D eigenvalue weighted by molar-refractivity contribution is -0.141. The van der Waals surface area contributed by atoms with Gasteiger partial charge < -0.3 is 10.1 Å². The van der Waals surface area contributed by atoms with Crippen LogP contribution < -0.4 is 10.1 Å². The molecule has 0 fully saturated rings. The van der Waals surface area contributed by atoms with Gasteiger partial charge in [-0.1, -0.05) is 23.7 Å². The van der Waals surface area contributed by atoms with Gasteiger partial charge in [-0.2, -0.15) is 28.1 Å². The third-order valence-electron chi connectivity index (χ3n) is 4.12. The average Bonchev–Trinajstić information content (AvgIpc) is 3.33. The number of alkyl halides is 3. The molecule has 11 heteroatoms. The first-order valence-corrected chi connectivity index (χ1v) is 8.97. The van der Waals surface area contributed by atoms with E-state index in [2.05, 4.69) is 20.6 Å². The highest BCUT2D eigenvalue weighted by Gasteiger charge is 2.36. The summed E-state index contributed by atoms with van der Waals surface area (Å²) >= 11 is 6.08. The van der Waals surface area contributed by atoms with E-state index in [9.17, 15) is 18.0 Å². The van der Waals surface area contributed by atoms with Crippen molar-refractivity contribution in [1.29, 1.82) is 0 Å². The molecule has 7 nitrogen and oxygen atoms in total. The molecule has 0 unspecified atom stereocenters. The number of amides is 1. The molecule has 2 aromatic heterocycles. The number of carbonyl (C=O) groups is 1. The van der Waals surface area contributed by atoms with Gasteiger partial charge in [-0.15, -0.1) is 0 Å². The van der Waals surface area contributed by atoms with E-state index in [4.69, 9.17) is 16.3 Å². The maximum Gasteiger partial charge on any atom is 0.435 e. The molecule has 30 heavy (non-hydrogen) atoms. The maximum absolute atomic E-state index is 13.1. The van der Waals surface area contributed by atoms with E-state index in [0.717, 1.165) is 15.6 Å². The Kier molecular flexibility index (Phi) is 5.08. The first-order chi connectivity index (χ1) is 14.3. The predicted octanol–water partition coefficient (Wildman–Crippen LogP) is 4.44. The van der Waals surface area contributed by atoms with Crippen molar-refractivity contribution < 1.29 is 22.7 Å². The van der Waals surface area contributed by atoms with Crippen LogP contribution in [0.5, 0.6) is 5.88 Å². The largest absolute Gasteiger partial charge is 0.467 e. The molecule has 1 amide bonds. The Morgan fingerprint density at radius 1 is 1.20 bits per heavy atom. The molecule has 0 saturated heterocycles. The Balaban J connectivity index is 1.53. The number of hydrogen-bond donors (Lipinski definition) is 2. The quantitative estimate of drug-likeness (QED) is 0.485. The Morgan fingerprint density at radius 2 is 2.00 bits per heavy atom. The van der Waals surface area contributed by atoms with Crippen LogP contribution in [0.25, 0.3) is 16.6 Å². The van der Waals surface area contributed by atoms with Crippen LogP contribution in [0.2, 0.25) is 5.02 Å². The topological polar surface area (TPSA) is 84.8 Å². The lowest BCUT2D eigenvalue weighted by atomic mass is 10.2. The number of aromatic nitrogens is 4. The normalized spacial score (nSPS) is 11.6. The molecule has 0 spiro atoms. The van der Waals surface area contributed by atoms with Crippen molar-refractivity contribution in [2.75, 3.05) is 11.9 Å². The number of aromatic amines is 1. The molecule has 0 atom stereocenters. The first kappa shape index (κ1) is 19.8. The number of benzene rings is 2. The number of para-hydroxylation sites is 1. The summed E-state index contributed by atoms with van der Waals surface area (Å²) in [7, 11) is 0. The van der Waals surface area contributed by atoms with Crippen LogP contribution in [-0.2, 0) is 11.0 Å². The van der Waals surface area contributed by atoms with E-state index in [1.807, 2.05) is 0 Å². The zero-order valence-corrected chi connectivity index (χ0v) is 15.8. The molecule has 0 aliphatic heterocycles. The van der Waals surface area contributed by atoms with Crippen molar-refractivity contribution in [2.24, 2.45) is 0 Å². The summed E-state index contributed by atoms with van der Waals surface area (Å²) in [6, 6.07) is 12.0. The highest BCUT2D eigenvalue weighted by Crippen LogP contribution is 2.33. The third-order valence-corrected chi connectivity index (χ3v) is 4.44. The lowest BCUT2D eigenvalue weighted by Crippen LogP contribution is -2.21. The third kappa shape index (κ3) is 4.08. The van der Waals surface area contributed by atoms with Crippen LogP contribution in [0.4, 0.5) is 18.9 Å². The van der Waals surface area contributed by atoms with Crippen LogP contribution >= 0.6 is 11.6 Å². The standard InChI is InChI=1S/C19H13ClF3N5O2/c20-13-3-1-2-4-15(13)28-18(8-16(27-28)19(21,22)23)30-10-17(29)25-12-5-6-14-11(7-12)9-24-26-14/h1-9H,10H2,(H,24,26)(H,25,29). The molecule has 0 bridgehead atoms. The van der Waals surface area contributed by atoms with Gasteiger partial charge in [-0.05, 0) is 30.3 Å². The fourth-order valence-electron chi connectivity index (χ4n) is 2.76. The molecule has 2 N–H and O–H groups in total. The van der Waals surface area contributed by atoms with E-state index in [1.54, 1.807) is 36.5 Å². The molecule has 2 aromatic carbocycles. The molecule has 4 aromatic rings. The Morgan fingerprint density at radius 3 is 2.77 bits per heavy atom. The minimum atomic E-state index is -4.69. The second-order valence-electron chi connectivity index (χ2n) is 6.24. The maximum atomic E-state index is 13.1. The van der Waals surface area contributed by atoms with E-state index < -0.39 is 24.4 Å². The Labute approximate surface area is 172 Å². The number of halogens is 4. The van der Waals surface area contributed by atoms with Gasteiger partial charge in [-0.3, -0.25) is 9.89 Å². The number of fused-ring (bicyclic) bond motifs is 1. The smallest absolute Gasteiger partial charge is 0.435 e. The summed E-state index contributed by atoms with van der Waals surface area (Å²) in [4.78, 5) is 12.2. The fourth-order valence-corrected chi connectivity index (χ4v) is 2.97. The number of anilines is 1. The van der Waals surface area contributed by atoms with Crippen molar-refractivity contribution in [2.45, 2.75) is 6.18 Å². The molecular weight excluding hydrogens is 423 g/mol. The molecule has 2 heterocycles. The molecule has 0 radical (unpaired) electrons. The monoisotopic (exact) mass is 435 g/mol. The van der Waals surface area contributed by atoms with Crippen LogP contribution in [0.15, 0.2) is 54.7 Å². The summed E-state index contributed by atoms with van der Waals surface area (Å²) in [5, 5.41) is 13.8. The molecule has 0 aliphatic rings. The highest BCUT2D eigenvalue weighted by atomic mass is 35.5. The second kappa shape index (κ2) is 7.71. The van der Waals surface area contributed by atoms with Crippen molar-refractivity contribution in [1.82, 2.24) is 20.0 Å². The van der Waals surface area contributed by atoms with Crippen molar-refractivity contribution in [3.63, 3.8) is 0 Å². The van der Waals surface area contributed by atoms with Gasteiger partial charge in [0.2, 0.25) is 5.88 Å². The number of nitrogens with one attached hydrogen (secondary N) is 2. The minimum absolute atomic E-state index is 0.178. The zero-order valence-electron chi connectivity index (χ0n) is 15.1. The van der Waals surface area contributed by atoms with Gasteiger partial charge in [0, 0.05) is 17.1 Å². The van der Waals surface area contributed by atoms with Crippen LogP contribution in [-0.4, -0.2) is 32.5 Å². The van der Waals surface area contributed by atoms with E-state index in [1.165, 1.54) is 12.1 Å². The Hall–Kier alpha value is -3.53. The van der Waals surface area contributed by atoms with Crippen LogP contribution in [0.3, 0.4) is 0 Å². The number of carbonyl (C=O) groups excluding carboxylic acids is 1. The van der Waals surface area contributed by atoms with Crippen molar-refractivity contribution >= 4 is 34.1 Å². The van der Waals surface area contributed by atoms with Crippen LogP contribution in [0.1, 0.15) is 5.69 Å². The molecule has 154 valence electrons. The summed E-state index contributed by atoms with van der Waals surface area (Å²) in [5.74, 6) is -0.825. The molecule has 0 saturated carbocycles. The second-order valence-corrected chi connectivity index (χ2v) is 6.64. The highest BCUT2D eigenvalue weighted by molar-refractivity contribution is 6.32. The fraction of sp³-hybridized carbons (Fsp3) is 0.105. The van der Waals surface area contributed by atoms with Gasteiger partial charge in [0.1, 0.15) is 0 Å². The number of nitrogens with zero attached hydrogens (tertiary/aromatic N) is 3. The first-order valence-electron chi connectivity index (χ1n) is 8.59. The van der Waals surface area contributed by atoms with E-state index >= 15 is 0 Å². The van der Waals surface area contributed by atoms with E-state index in [0.29, 0.717) is 11.8 Å². The van der Waals surface area contributed by atoms with Gasteiger partial charge >= 0.3 is 6.18 Å².